The van der Waals surface area contributed by atoms with Crippen molar-refractivity contribution < 1.29 is 0 Å². The molecular formula is C14H24N4. The van der Waals surface area contributed by atoms with Crippen molar-refractivity contribution in [3.05, 3.63) is 18.0 Å². The predicted octanol–water partition coefficient (Wildman–Crippen LogP) is 1.60. The minimum absolute atomic E-state index is 0.461. The highest BCUT2D eigenvalue weighted by Gasteiger charge is 2.39. The summed E-state index contributed by atoms with van der Waals surface area (Å²) in [4.78, 5) is 5.12. The van der Waals surface area contributed by atoms with Crippen molar-refractivity contribution in [1.29, 1.82) is 0 Å². The van der Waals surface area contributed by atoms with Crippen molar-refractivity contribution in [2.24, 2.45) is 5.92 Å². The molecule has 2 fully saturated rings. The highest BCUT2D eigenvalue weighted by Crippen LogP contribution is 2.30. The van der Waals surface area contributed by atoms with Gasteiger partial charge in [-0.15, -0.1) is 0 Å². The van der Waals surface area contributed by atoms with Gasteiger partial charge in [0.1, 0.15) is 0 Å². The third kappa shape index (κ3) is 2.19. The second-order valence-corrected chi connectivity index (χ2v) is 6.21. The van der Waals surface area contributed by atoms with Crippen molar-refractivity contribution in [2.75, 3.05) is 26.7 Å². The summed E-state index contributed by atoms with van der Waals surface area (Å²) in [7, 11) is 2.27. The number of fused-ring (bicyclic) bond motifs is 1. The molecule has 1 aromatic heterocycles. The van der Waals surface area contributed by atoms with Gasteiger partial charge in [-0.3, -0.25) is 9.58 Å². The second kappa shape index (κ2) is 4.67. The maximum atomic E-state index is 4.42. The van der Waals surface area contributed by atoms with E-state index < -0.39 is 0 Å². The number of likely N-dealkylation sites (tertiary alicyclic amines) is 2. The van der Waals surface area contributed by atoms with Crippen LogP contribution in [0.5, 0.6) is 0 Å². The minimum atomic E-state index is 0.461. The Morgan fingerprint density at radius 2 is 2.22 bits per heavy atom. The smallest absolute Gasteiger partial charge is 0.0534 e. The van der Waals surface area contributed by atoms with E-state index in [9.17, 15) is 0 Å². The first-order valence-corrected chi connectivity index (χ1v) is 7.09. The first-order chi connectivity index (χ1) is 8.63. The lowest BCUT2D eigenvalue weighted by Gasteiger charge is -2.20. The summed E-state index contributed by atoms with van der Waals surface area (Å²) in [5.41, 5.74) is 1.35. The maximum Gasteiger partial charge on any atom is 0.0534 e. The van der Waals surface area contributed by atoms with E-state index >= 15 is 0 Å². The first-order valence-electron chi connectivity index (χ1n) is 7.09. The van der Waals surface area contributed by atoms with Gasteiger partial charge in [-0.1, -0.05) is 0 Å². The topological polar surface area (TPSA) is 24.3 Å². The van der Waals surface area contributed by atoms with Gasteiger partial charge < -0.3 is 4.90 Å². The maximum absolute atomic E-state index is 4.42. The molecule has 18 heavy (non-hydrogen) atoms. The van der Waals surface area contributed by atoms with Crippen molar-refractivity contribution in [1.82, 2.24) is 19.6 Å². The van der Waals surface area contributed by atoms with E-state index in [1.165, 1.54) is 31.6 Å². The second-order valence-electron chi connectivity index (χ2n) is 6.21. The van der Waals surface area contributed by atoms with Gasteiger partial charge in [0.15, 0.2) is 0 Å². The average Bonchev–Trinajstić information content (AvgIpc) is 2.98. The molecule has 0 spiro atoms. The van der Waals surface area contributed by atoms with E-state index in [0.29, 0.717) is 6.04 Å². The Kier molecular flexibility index (Phi) is 3.16. The summed E-state index contributed by atoms with van der Waals surface area (Å²) in [6.45, 7) is 9.19. The highest BCUT2D eigenvalue weighted by molar-refractivity contribution is 5.06. The predicted molar refractivity (Wildman–Crippen MR) is 72.4 cm³/mol. The number of rotatable bonds is 3. The molecule has 2 atom stereocenters. The van der Waals surface area contributed by atoms with Gasteiger partial charge in [-0.05, 0) is 39.8 Å². The number of likely N-dealkylation sites (N-methyl/N-ethyl adjacent to an activating group) is 1. The van der Waals surface area contributed by atoms with Gasteiger partial charge in [0, 0.05) is 43.5 Å². The average molecular weight is 248 g/mol. The number of hydrogen-bond acceptors (Lipinski definition) is 3. The van der Waals surface area contributed by atoms with Crippen molar-refractivity contribution in [3.63, 3.8) is 0 Å². The van der Waals surface area contributed by atoms with Gasteiger partial charge >= 0.3 is 0 Å². The number of nitrogens with zero attached hydrogens (tertiary/aromatic N) is 4. The normalized spacial score (nSPS) is 29.3. The molecule has 0 N–H and O–H groups in total. The Bertz CT molecular complexity index is 412. The quantitative estimate of drug-likeness (QED) is 0.812. The Labute approximate surface area is 110 Å². The van der Waals surface area contributed by atoms with Crippen LogP contribution in [0.2, 0.25) is 0 Å². The lowest BCUT2D eigenvalue weighted by Crippen LogP contribution is -2.31. The van der Waals surface area contributed by atoms with E-state index in [2.05, 4.69) is 46.7 Å². The van der Waals surface area contributed by atoms with Gasteiger partial charge in [0.05, 0.1) is 6.20 Å². The third-order valence-corrected chi connectivity index (χ3v) is 4.49. The monoisotopic (exact) mass is 248 g/mol. The molecule has 0 radical (unpaired) electrons. The fourth-order valence-corrected chi connectivity index (χ4v) is 3.39. The molecule has 3 rings (SSSR count). The summed E-state index contributed by atoms with van der Waals surface area (Å²) in [5, 5.41) is 4.42. The molecule has 2 saturated heterocycles. The molecular weight excluding hydrogens is 224 g/mol. The Morgan fingerprint density at radius 1 is 1.39 bits per heavy atom. The lowest BCUT2D eigenvalue weighted by molar-refractivity contribution is 0.255. The molecule has 2 aliphatic rings. The molecule has 0 bridgehead atoms. The van der Waals surface area contributed by atoms with Crippen LogP contribution in [0.4, 0.5) is 0 Å². The van der Waals surface area contributed by atoms with Gasteiger partial charge in [0.2, 0.25) is 0 Å². The summed E-state index contributed by atoms with van der Waals surface area (Å²) in [6.07, 6.45) is 5.60. The van der Waals surface area contributed by atoms with Crippen molar-refractivity contribution in [3.8, 4) is 0 Å². The van der Waals surface area contributed by atoms with E-state index in [4.69, 9.17) is 0 Å². The summed E-state index contributed by atoms with van der Waals surface area (Å²) < 4.78 is 2.05. The Morgan fingerprint density at radius 3 is 2.89 bits per heavy atom. The largest absolute Gasteiger partial charge is 0.302 e. The molecule has 0 aliphatic carbocycles. The number of hydrogen-bond donors (Lipinski definition) is 0. The van der Waals surface area contributed by atoms with Crippen LogP contribution < -0.4 is 0 Å². The Balaban J connectivity index is 1.60. The molecule has 4 nitrogen and oxygen atoms in total. The lowest BCUT2D eigenvalue weighted by atomic mass is 10.1. The fraction of sp³-hybridized carbons (Fsp3) is 0.786. The molecule has 0 saturated carbocycles. The summed E-state index contributed by atoms with van der Waals surface area (Å²) in [6, 6.07) is 1.26. The van der Waals surface area contributed by atoms with Crippen LogP contribution in [0.3, 0.4) is 0 Å². The molecule has 0 amide bonds. The van der Waals surface area contributed by atoms with Crippen molar-refractivity contribution in [2.45, 2.75) is 38.9 Å². The molecule has 2 aliphatic heterocycles. The fourth-order valence-electron chi connectivity index (χ4n) is 3.39. The van der Waals surface area contributed by atoms with E-state index in [-0.39, 0.29) is 0 Å². The van der Waals surface area contributed by atoms with E-state index in [0.717, 1.165) is 18.5 Å². The van der Waals surface area contributed by atoms with Crippen LogP contribution in [-0.4, -0.2) is 52.3 Å². The summed E-state index contributed by atoms with van der Waals surface area (Å²) in [5.74, 6) is 0.898. The van der Waals surface area contributed by atoms with Crippen LogP contribution >= 0.6 is 0 Å². The van der Waals surface area contributed by atoms with Crippen LogP contribution in [0.1, 0.15) is 31.9 Å². The molecule has 0 aromatic carbocycles. The van der Waals surface area contributed by atoms with E-state index in [1.54, 1.807) is 0 Å². The van der Waals surface area contributed by atoms with Crippen LogP contribution in [0, 0.1) is 5.92 Å². The molecule has 100 valence electrons. The van der Waals surface area contributed by atoms with Crippen LogP contribution in [0.15, 0.2) is 12.4 Å². The highest BCUT2D eigenvalue weighted by atomic mass is 15.3. The SMILES string of the molecule is CC(C)n1cc(CN2C[C@@H]3CCN(C)[C@@H]3C2)cn1. The van der Waals surface area contributed by atoms with Gasteiger partial charge in [-0.2, -0.15) is 5.10 Å². The molecule has 3 heterocycles. The first kappa shape index (κ1) is 12.2. The molecule has 0 unspecified atom stereocenters. The summed E-state index contributed by atoms with van der Waals surface area (Å²) >= 11 is 0. The number of aromatic nitrogens is 2. The zero-order valence-electron chi connectivity index (χ0n) is 11.7. The minimum Gasteiger partial charge on any atom is -0.302 e. The van der Waals surface area contributed by atoms with Crippen LogP contribution in [-0.2, 0) is 6.54 Å². The third-order valence-electron chi connectivity index (χ3n) is 4.49. The zero-order chi connectivity index (χ0) is 12.7. The van der Waals surface area contributed by atoms with E-state index in [1.807, 2.05) is 6.20 Å². The van der Waals surface area contributed by atoms with Gasteiger partial charge in [0.25, 0.3) is 0 Å². The van der Waals surface area contributed by atoms with Crippen molar-refractivity contribution >= 4 is 0 Å². The molecule has 1 aromatic rings. The standard InChI is InChI=1S/C14H24N4/c1-11(2)18-8-12(6-15-18)7-17-9-13-4-5-16(3)14(13)10-17/h6,8,11,13-14H,4-5,7,9-10H2,1-3H3/t13-,14+/m0/s1. The Hall–Kier alpha value is -0.870. The molecule has 4 heteroatoms. The zero-order valence-corrected chi connectivity index (χ0v) is 11.7. The van der Waals surface area contributed by atoms with Crippen LogP contribution in [0.25, 0.3) is 0 Å². The van der Waals surface area contributed by atoms with Gasteiger partial charge in [-0.25, -0.2) is 0 Å².